The average molecular weight is 534 g/mol. The molecule has 1 saturated heterocycles. The van der Waals surface area contributed by atoms with Gasteiger partial charge in [0.2, 0.25) is 0 Å². The Kier molecular flexibility index (Phi) is 8.14. The van der Waals surface area contributed by atoms with Crippen molar-refractivity contribution in [2.75, 3.05) is 52.2 Å². The Morgan fingerprint density at radius 3 is 2.34 bits per heavy atom. The molecule has 1 fully saturated rings. The minimum atomic E-state index is -1.59. The lowest BCUT2D eigenvalue weighted by atomic mass is 9.94. The second-order valence-corrected chi connectivity index (χ2v) is 10.0. The third-order valence-corrected chi connectivity index (χ3v) is 7.03. The van der Waals surface area contributed by atoms with Crippen molar-refractivity contribution in [1.82, 2.24) is 14.8 Å². The summed E-state index contributed by atoms with van der Waals surface area (Å²) in [4.78, 5) is 39.7. The van der Waals surface area contributed by atoms with Crippen LogP contribution in [0, 0.1) is 0 Å². The first-order valence-electron chi connectivity index (χ1n) is 12.4. The highest BCUT2D eigenvalue weighted by atomic mass is 35.5. The Labute approximate surface area is 228 Å². The number of aliphatic imine (C=N–C) groups is 1. The standard InChI is InChI=1S/C29H32ClN5O3/c1-29(38,23-8-6-5-7-9-23)28(37)35-14-12-34(13-15-35)26-22(18-31-2)16-21(19-32-26)20-10-11-24(25(30)17-20)27(36)33(3)4/h5-11,16-19,38H,12-15H2,1-4H3. The number of carbonyl (C=O) groups excluding carboxylic acids is 2. The van der Waals surface area contributed by atoms with Gasteiger partial charge in [-0.2, -0.15) is 0 Å². The molecule has 0 radical (unpaired) electrons. The number of benzene rings is 2. The number of rotatable bonds is 6. The molecule has 1 aliphatic heterocycles. The van der Waals surface area contributed by atoms with Crippen molar-refractivity contribution in [2.24, 2.45) is 4.99 Å². The van der Waals surface area contributed by atoms with Crippen molar-refractivity contribution in [2.45, 2.75) is 12.5 Å². The van der Waals surface area contributed by atoms with E-state index in [0.717, 1.165) is 22.5 Å². The molecule has 9 heteroatoms. The van der Waals surface area contributed by atoms with Gasteiger partial charge in [0.1, 0.15) is 5.82 Å². The van der Waals surface area contributed by atoms with Crippen LogP contribution in [0.25, 0.3) is 11.1 Å². The maximum absolute atomic E-state index is 13.2. The molecular formula is C29H32ClN5O3. The number of carbonyl (C=O) groups is 2. The fourth-order valence-corrected chi connectivity index (χ4v) is 4.82. The van der Waals surface area contributed by atoms with Crippen LogP contribution in [0.15, 0.2) is 65.8 Å². The van der Waals surface area contributed by atoms with E-state index in [9.17, 15) is 14.7 Å². The Morgan fingerprint density at radius 1 is 1.05 bits per heavy atom. The third-order valence-electron chi connectivity index (χ3n) is 6.72. The van der Waals surface area contributed by atoms with Gasteiger partial charge in [-0.3, -0.25) is 14.6 Å². The van der Waals surface area contributed by atoms with Crippen LogP contribution in [0.4, 0.5) is 5.82 Å². The van der Waals surface area contributed by atoms with Crippen molar-refractivity contribution < 1.29 is 14.7 Å². The first-order chi connectivity index (χ1) is 18.1. The highest BCUT2D eigenvalue weighted by molar-refractivity contribution is 6.34. The fourth-order valence-electron chi connectivity index (χ4n) is 4.56. The van der Waals surface area contributed by atoms with E-state index in [1.165, 1.54) is 4.90 Å². The summed E-state index contributed by atoms with van der Waals surface area (Å²) in [6.45, 7) is 3.61. The molecule has 2 aromatic carbocycles. The zero-order valence-electron chi connectivity index (χ0n) is 22.1. The molecule has 4 rings (SSSR count). The van der Waals surface area contributed by atoms with Crippen LogP contribution in [0.1, 0.15) is 28.4 Å². The van der Waals surface area contributed by atoms with E-state index in [1.54, 1.807) is 69.6 Å². The minimum Gasteiger partial charge on any atom is -0.376 e. The maximum Gasteiger partial charge on any atom is 0.259 e. The second-order valence-electron chi connectivity index (χ2n) is 9.64. The monoisotopic (exact) mass is 533 g/mol. The zero-order chi connectivity index (χ0) is 27.4. The SMILES string of the molecule is CN=Cc1cc(-c2ccc(C(=O)N(C)C)c(Cl)c2)cnc1N1CCN(C(=O)C(C)(O)c2ccccc2)CC1. The summed E-state index contributed by atoms with van der Waals surface area (Å²) in [5, 5.41) is 11.3. The van der Waals surface area contributed by atoms with Crippen LogP contribution in [0.5, 0.6) is 0 Å². The number of hydrogen-bond donors (Lipinski definition) is 1. The summed E-state index contributed by atoms with van der Waals surface area (Å²) < 4.78 is 0. The summed E-state index contributed by atoms with van der Waals surface area (Å²) in [6.07, 6.45) is 3.54. The van der Waals surface area contributed by atoms with E-state index in [4.69, 9.17) is 16.6 Å². The van der Waals surface area contributed by atoms with Crippen LogP contribution in [0.3, 0.4) is 0 Å². The van der Waals surface area contributed by atoms with Crippen LogP contribution >= 0.6 is 11.6 Å². The van der Waals surface area contributed by atoms with E-state index in [0.29, 0.717) is 42.3 Å². The zero-order valence-corrected chi connectivity index (χ0v) is 22.8. The Balaban J connectivity index is 1.52. The molecule has 2 amide bonds. The van der Waals surface area contributed by atoms with Crippen LogP contribution < -0.4 is 4.90 Å². The normalized spacial score (nSPS) is 15.4. The smallest absolute Gasteiger partial charge is 0.259 e. The topological polar surface area (TPSA) is 89.3 Å². The molecule has 1 aliphatic rings. The molecular weight excluding hydrogens is 502 g/mol. The summed E-state index contributed by atoms with van der Waals surface area (Å²) in [5.74, 6) is 0.304. The predicted molar refractivity (Wildman–Crippen MR) is 151 cm³/mol. The van der Waals surface area contributed by atoms with E-state index in [2.05, 4.69) is 9.89 Å². The van der Waals surface area contributed by atoms with E-state index in [1.807, 2.05) is 30.3 Å². The van der Waals surface area contributed by atoms with E-state index in [-0.39, 0.29) is 11.8 Å². The molecule has 38 heavy (non-hydrogen) atoms. The number of nitrogens with zero attached hydrogens (tertiary/aromatic N) is 5. The molecule has 1 atom stereocenters. The lowest BCUT2D eigenvalue weighted by Gasteiger charge is -2.39. The highest BCUT2D eigenvalue weighted by Gasteiger charge is 2.37. The molecule has 0 aliphatic carbocycles. The number of halogens is 1. The van der Waals surface area contributed by atoms with Gasteiger partial charge in [0.15, 0.2) is 5.60 Å². The Hall–Kier alpha value is -3.75. The Bertz CT molecular complexity index is 1350. The van der Waals surface area contributed by atoms with Gasteiger partial charge in [-0.25, -0.2) is 4.98 Å². The third kappa shape index (κ3) is 5.56. The van der Waals surface area contributed by atoms with Crippen LogP contribution in [-0.4, -0.2) is 85.2 Å². The van der Waals surface area contributed by atoms with E-state index < -0.39 is 5.60 Å². The van der Waals surface area contributed by atoms with Gasteiger partial charge in [0, 0.05) is 70.9 Å². The molecule has 2 heterocycles. The van der Waals surface area contributed by atoms with Gasteiger partial charge >= 0.3 is 0 Å². The summed E-state index contributed by atoms with van der Waals surface area (Å²) in [7, 11) is 5.08. The van der Waals surface area contributed by atoms with Gasteiger partial charge in [-0.05, 0) is 36.2 Å². The Morgan fingerprint density at radius 2 is 1.74 bits per heavy atom. The van der Waals surface area contributed by atoms with Crippen molar-refractivity contribution in [3.63, 3.8) is 0 Å². The minimum absolute atomic E-state index is 0.156. The first-order valence-corrected chi connectivity index (χ1v) is 12.8. The summed E-state index contributed by atoms with van der Waals surface area (Å²) >= 11 is 6.43. The van der Waals surface area contributed by atoms with Gasteiger partial charge in [-0.15, -0.1) is 0 Å². The van der Waals surface area contributed by atoms with Crippen molar-refractivity contribution >= 4 is 35.4 Å². The molecule has 198 valence electrons. The quantitative estimate of drug-likeness (QED) is 0.488. The number of aliphatic hydroxyl groups is 1. The number of piperazine rings is 1. The maximum atomic E-state index is 13.2. The number of anilines is 1. The average Bonchev–Trinajstić information content (AvgIpc) is 2.93. The molecule has 0 bridgehead atoms. The van der Waals surface area contributed by atoms with Crippen LogP contribution in [-0.2, 0) is 10.4 Å². The highest BCUT2D eigenvalue weighted by Crippen LogP contribution is 2.30. The fraction of sp³-hybridized carbons (Fsp3) is 0.310. The van der Waals surface area contributed by atoms with Gasteiger partial charge in [-0.1, -0.05) is 48.0 Å². The van der Waals surface area contributed by atoms with Gasteiger partial charge < -0.3 is 19.8 Å². The molecule has 1 unspecified atom stereocenters. The van der Waals surface area contributed by atoms with Gasteiger partial charge in [0.25, 0.3) is 11.8 Å². The second kappa shape index (κ2) is 11.3. The lowest BCUT2D eigenvalue weighted by molar-refractivity contribution is -0.150. The van der Waals surface area contributed by atoms with Gasteiger partial charge in [0.05, 0.1) is 10.6 Å². The number of pyridine rings is 1. The van der Waals surface area contributed by atoms with Crippen LogP contribution in [0.2, 0.25) is 5.02 Å². The van der Waals surface area contributed by atoms with Crippen molar-refractivity contribution in [3.05, 3.63) is 82.5 Å². The molecule has 1 N–H and O–H groups in total. The summed E-state index contributed by atoms with van der Waals surface area (Å²) in [6, 6.07) is 16.3. The molecule has 0 spiro atoms. The summed E-state index contributed by atoms with van der Waals surface area (Å²) in [5.41, 5.74) is 1.96. The number of hydrogen-bond acceptors (Lipinski definition) is 6. The number of amides is 2. The molecule has 0 saturated carbocycles. The first kappa shape index (κ1) is 27.3. The van der Waals surface area contributed by atoms with Crippen molar-refractivity contribution in [3.8, 4) is 11.1 Å². The molecule has 8 nitrogen and oxygen atoms in total. The number of aromatic nitrogens is 1. The molecule has 3 aromatic rings. The predicted octanol–water partition coefficient (Wildman–Crippen LogP) is 3.71. The largest absolute Gasteiger partial charge is 0.376 e. The van der Waals surface area contributed by atoms with Crippen molar-refractivity contribution in [1.29, 1.82) is 0 Å². The van der Waals surface area contributed by atoms with E-state index >= 15 is 0 Å². The lowest BCUT2D eigenvalue weighted by Crippen LogP contribution is -2.54. The molecule has 1 aromatic heterocycles.